The molecular formula is C12H9Cl3FN3. The number of nitrogens with zero attached hydrogens (tertiary/aromatic N) is 1. The number of hydrogen-bond donors (Lipinski definition) is 2. The van der Waals surface area contributed by atoms with Crippen LogP contribution >= 0.6 is 34.8 Å². The van der Waals surface area contributed by atoms with Gasteiger partial charge < -0.3 is 10.6 Å². The van der Waals surface area contributed by atoms with Crippen molar-refractivity contribution < 1.29 is 4.39 Å². The normalized spacial score (nSPS) is 10.4. The van der Waals surface area contributed by atoms with Crippen LogP contribution in [0.15, 0.2) is 24.3 Å². The second-order valence-corrected chi connectivity index (χ2v) is 4.85. The molecule has 0 aliphatic rings. The summed E-state index contributed by atoms with van der Waals surface area (Å²) < 4.78 is 13.8. The Labute approximate surface area is 124 Å². The van der Waals surface area contributed by atoms with Gasteiger partial charge in [-0.2, -0.15) is 0 Å². The van der Waals surface area contributed by atoms with Gasteiger partial charge >= 0.3 is 0 Å². The minimum atomic E-state index is -0.567. The molecule has 0 radical (unpaired) electrons. The summed E-state index contributed by atoms with van der Waals surface area (Å²) in [6.07, 6.45) is 0. The van der Waals surface area contributed by atoms with Crippen molar-refractivity contribution in [1.29, 1.82) is 0 Å². The van der Waals surface area contributed by atoms with Crippen molar-refractivity contribution in [3.05, 3.63) is 45.2 Å². The van der Waals surface area contributed by atoms with Crippen molar-refractivity contribution in [3.63, 3.8) is 0 Å². The minimum Gasteiger partial charge on any atom is -0.372 e. The molecule has 0 amide bonds. The molecule has 0 bridgehead atoms. The monoisotopic (exact) mass is 319 g/mol. The zero-order valence-corrected chi connectivity index (χ0v) is 12.0. The van der Waals surface area contributed by atoms with Crippen LogP contribution in [0.3, 0.4) is 0 Å². The highest BCUT2D eigenvalue weighted by atomic mass is 35.5. The quantitative estimate of drug-likeness (QED) is 0.838. The van der Waals surface area contributed by atoms with Gasteiger partial charge in [0.1, 0.15) is 5.82 Å². The van der Waals surface area contributed by atoms with E-state index in [0.29, 0.717) is 10.8 Å². The molecule has 7 heteroatoms. The lowest BCUT2D eigenvalue weighted by atomic mass is 10.3. The number of benzene rings is 1. The van der Waals surface area contributed by atoms with Crippen LogP contribution in [0.25, 0.3) is 0 Å². The first-order chi connectivity index (χ1) is 9.02. The smallest absolute Gasteiger partial charge is 0.165 e. The Balaban J connectivity index is 2.41. The molecule has 0 spiro atoms. The number of nitrogens with one attached hydrogen (secondary N) is 2. The van der Waals surface area contributed by atoms with E-state index in [1.54, 1.807) is 13.1 Å². The summed E-state index contributed by atoms with van der Waals surface area (Å²) in [4.78, 5) is 4.16. The molecule has 1 heterocycles. The Bertz CT molecular complexity index is 619. The molecule has 19 heavy (non-hydrogen) atoms. The second-order valence-electron chi connectivity index (χ2n) is 3.63. The molecule has 3 nitrogen and oxygen atoms in total. The molecule has 1 aromatic carbocycles. The van der Waals surface area contributed by atoms with E-state index >= 15 is 0 Å². The maximum absolute atomic E-state index is 13.8. The molecule has 0 fully saturated rings. The van der Waals surface area contributed by atoms with Crippen molar-refractivity contribution in [2.24, 2.45) is 0 Å². The van der Waals surface area contributed by atoms with Gasteiger partial charge in [-0.25, -0.2) is 9.37 Å². The molecule has 2 rings (SSSR count). The van der Waals surface area contributed by atoms with Crippen LogP contribution in [0.5, 0.6) is 0 Å². The molecule has 0 unspecified atom stereocenters. The van der Waals surface area contributed by atoms with E-state index in [1.165, 1.54) is 18.2 Å². The van der Waals surface area contributed by atoms with E-state index in [2.05, 4.69) is 15.6 Å². The molecule has 2 N–H and O–H groups in total. The Hall–Kier alpha value is -1.23. The fourth-order valence-electron chi connectivity index (χ4n) is 1.46. The van der Waals surface area contributed by atoms with Crippen molar-refractivity contribution in [2.75, 3.05) is 17.7 Å². The van der Waals surface area contributed by atoms with Gasteiger partial charge in [-0.05, 0) is 18.2 Å². The van der Waals surface area contributed by atoms with Crippen LogP contribution < -0.4 is 10.6 Å². The van der Waals surface area contributed by atoms with Gasteiger partial charge in [-0.1, -0.05) is 40.9 Å². The van der Waals surface area contributed by atoms with Gasteiger partial charge in [-0.3, -0.25) is 0 Å². The first-order valence-electron chi connectivity index (χ1n) is 5.27. The summed E-state index contributed by atoms with van der Waals surface area (Å²) in [7, 11) is 1.67. The van der Waals surface area contributed by atoms with Gasteiger partial charge in [0.2, 0.25) is 0 Å². The maximum Gasteiger partial charge on any atom is 0.165 e. The summed E-state index contributed by atoms with van der Waals surface area (Å²) in [5.74, 6) is 0.163. The number of anilines is 3. The van der Waals surface area contributed by atoms with Crippen molar-refractivity contribution >= 4 is 52.1 Å². The van der Waals surface area contributed by atoms with E-state index < -0.39 is 5.82 Å². The third-order valence-electron chi connectivity index (χ3n) is 2.37. The fraction of sp³-hybridized carbons (Fsp3) is 0.0833. The molecule has 0 saturated heterocycles. The first-order valence-corrected chi connectivity index (χ1v) is 6.41. The highest BCUT2D eigenvalue weighted by molar-refractivity contribution is 6.37. The molecule has 0 aliphatic carbocycles. The lowest BCUT2D eigenvalue weighted by molar-refractivity contribution is 0.632. The van der Waals surface area contributed by atoms with E-state index in [1.807, 2.05) is 0 Å². The van der Waals surface area contributed by atoms with Crippen LogP contribution in [-0.4, -0.2) is 12.0 Å². The summed E-state index contributed by atoms with van der Waals surface area (Å²) in [5, 5.41) is 6.27. The fourth-order valence-corrected chi connectivity index (χ4v) is 2.13. The summed E-state index contributed by atoms with van der Waals surface area (Å²) >= 11 is 17.6. The third kappa shape index (κ3) is 3.03. The van der Waals surface area contributed by atoms with Crippen LogP contribution in [0, 0.1) is 5.82 Å². The SMILES string of the molecule is CNc1nc(Nc2cccc(Cl)c2F)c(Cl)cc1Cl. The predicted molar refractivity (Wildman–Crippen MR) is 78.5 cm³/mol. The topological polar surface area (TPSA) is 37.0 Å². The summed E-state index contributed by atoms with van der Waals surface area (Å²) in [6, 6.07) is 6.13. The van der Waals surface area contributed by atoms with Crippen molar-refractivity contribution in [3.8, 4) is 0 Å². The average molecular weight is 321 g/mol. The summed E-state index contributed by atoms with van der Waals surface area (Å²) in [5.41, 5.74) is 0.186. The Morgan fingerprint density at radius 2 is 1.74 bits per heavy atom. The van der Waals surface area contributed by atoms with Crippen molar-refractivity contribution in [2.45, 2.75) is 0 Å². The number of hydrogen-bond acceptors (Lipinski definition) is 3. The molecule has 2 aromatic rings. The zero-order chi connectivity index (χ0) is 14.0. The highest BCUT2D eigenvalue weighted by Crippen LogP contribution is 2.32. The van der Waals surface area contributed by atoms with Crippen LogP contribution in [-0.2, 0) is 0 Å². The van der Waals surface area contributed by atoms with E-state index in [4.69, 9.17) is 34.8 Å². The van der Waals surface area contributed by atoms with Gasteiger partial charge in [0.05, 0.1) is 20.8 Å². The standard InChI is InChI=1S/C12H9Cl3FN3/c1-17-11-7(14)5-8(15)12(19-11)18-9-4-2-3-6(13)10(9)16/h2-5H,1H3,(H2,17,18,19). The van der Waals surface area contributed by atoms with Crippen LogP contribution in [0.4, 0.5) is 21.7 Å². The predicted octanol–water partition coefficient (Wildman–Crippen LogP) is 4.97. The number of pyridine rings is 1. The summed E-state index contributed by atoms with van der Waals surface area (Å²) in [6.45, 7) is 0. The van der Waals surface area contributed by atoms with Gasteiger partial charge in [-0.15, -0.1) is 0 Å². The van der Waals surface area contributed by atoms with Crippen LogP contribution in [0.2, 0.25) is 15.1 Å². The highest BCUT2D eigenvalue weighted by Gasteiger charge is 2.12. The average Bonchev–Trinajstić information content (AvgIpc) is 2.38. The molecule has 1 aromatic heterocycles. The molecule has 0 atom stereocenters. The lowest BCUT2D eigenvalue weighted by Gasteiger charge is -2.11. The number of halogens is 4. The largest absolute Gasteiger partial charge is 0.372 e. The lowest BCUT2D eigenvalue weighted by Crippen LogP contribution is -2.01. The second kappa shape index (κ2) is 5.82. The first kappa shape index (κ1) is 14.2. The van der Waals surface area contributed by atoms with Gasteiger partial charge in [0.25, 0.3) is 0 Å². The zero-order valence-electron chi connectivity index (χ0n) is 9.77. The number of aromatic nitrogens is 1. The van der Waals surface area contributed by atoms with E-state index in [-0.39, 0.29) is 21.6 Å². The minimum absolute atomic E-state index is 0.0175. The Morgan fingerprint density at radius 3 is 2.42 bits per heavy atom. The molecule has 100 valence electrons. The van der Waals surface area contributed by atoms with Gasteiger partial charge in [0.15, 0.2) is 11.6 Å². The molecule has 0 saturated carbocycles. The number of rotatable bonds is 3. The Kier molecular flexibility index (Phi) is 4.34. The molecular weight excluding hydrogens is 312 g/mol. The van der Waals surface area contributed by atoms with Gasteiger partial charge in [0, 0.05) is 7.05 Å². The molecule has 0 aliphatic heterocycles. The van der Waals surface area contributed by atoms with E-state index in [9.17, 15) is 4.39 Å². The van der Waals surface area contributed by atoms with E-state index in [0.717, 1.165) is 0 Å². The van der Waals surface area contributed by atoms with Crippen molar-refractivity contribution in [1.82, 2.24) is 4.98 Å². The van der Waals surface area contributed by atoms with Crippen LogP contribution in [0.1, 0.15) is 0 Å². The third-order valence-corrected chi connectivity index (χ3v) is 3.24. The Morgan fingerprint density at radius 1 is 1.05 bits per heavy atom. The maximum atomic E-state index is 13.8.